The topological polar surface area (TPSA) is 52.6 Å². The van der Waals surface area contributed by atoms with Crippen molar-refractivity contribution in [1.82, 2.24) is 0 Å². The van der Waals surface area contributed by atoms with Crippen molar-refractivity contribution in [3.05, 3.63) is 0 Å². The largest absolute Gasteiger partial charge is 0.465 e. The maximum atomic E-state index is 12.9. The molecule has 0 aromatic carbocycles. The first kappa shape index (κ1) is 31.2. The van der Waals surface area contributed by atoms with Crippen LogP contribution in [0.15, 0.2) is 0 Å². The number of halogens is 4. The van der Waals surface area contributed by atoms with Crippen LogP contribution in [0.3, 0.4) is 0 Å². The Balaban J connectivity index is 4.22. The van der Waals surface area contributed by atoms with Crippen molar-refractivity contribution in [2.24, 2.45) is 5.41 Å². The normalized spacial score (nSPS) is 13.1. The highest BCUT2D eigenvalue weighted by Gasteiger charge is 2.50. The minimum Gasteiger partial charge on any atom is -0.465 e. The summed E-state index contributed by atoms with van der Waals surface area (Å²) in [6.45, 7) is 5.53. The first-order valence-electron chi connectivity index (χ1n) is 12.2. The Hall–Kier alpha value is -0.790. The smallest absolute Gasteiger partial charge is 0.426 e. The van der Waals surface area contributed by atoms with Gasteiger partial charge in [0.25, 0.3) is 0 Å². The number of unbranched alkanes of at least 4 members (excludes halogenated alkanes) is 11. The number of rotatable bonds is 19. The first-order valence-corrected chi connectivity index (χ1v) is 13.3. The third-order valence-electron chi connectivity index (χ3n) is 5.97. The molecule has 0 radical (unpaired) electrons. The summed E-state index contributed by atoms with van der Waals surface area (Å²) in [5, 5.41) is -0.584. The van der Waals surface area contributed by atoms with Crippen molar-refractivity contribution in [3.63, 3.8) is 0 Å². The summed E-state index contributed by atoms with van der Waals surface area (Å²) in [6.07, 6.45) is 7.17. The van der Waals surface area contributed by atoms with Gasteiger partial charge in [-0.3, -0.25) is 9.59 Å². The fourth-order valence-electron chi connectivity index (χ4n) is 3.58. The lowest BCUT2D eigenvalue weighted by Gasteiger charge is -2.29. The third kappa shape index (κ3) is 11.9. The van der Waals surface area contributed by atoms with E-state index in [0.717, 1.165) is 19.3 Å². The van der Waals surface area contributed by atoms with Gasteiger partial charge in [-0.15, -0.1) is 0 Å². The van der Waals surface area contributed by atoms with Gasteiger partial charge < -0.3 is 9.47 Å². The molecule has 190 valence electrons. The Morgan fingerprint density at radius 3 is 1.56 bits per heavy atom. The highest BCUT2D eigenvalue weighted by atomic mass is 79.9. The maximum absolute atomic E-state index is 12.9. The molecular weight excluding hydrogens is 489 g/mol. The van der Waals surface area contributed by atoms with Crippen LogP contribution in [-0.2, 0) is 19.1 Å². The fraction of sp³-hybridized carbons (Fsp3) is 0.917. The Kier molecular flexibility index (Phi) is 17.2. The van der Waals surface area contributed by atoms with Crippen LogP contribution in [0, 0.1) is 5.41 Å². The molecule has 8 heteroatoms. The summed E-state index contributed by atoms with van der Waals surface area (Å²) in [5.74, 6) is -1.98. The highest BCUT2D eigenvalue weighted by Crippen LogP contribution is 2.33. The average molecular weight is 531 g/mol. The van der Waals surface area contributed by atoms with Crippen LogP contribution in [-0.4, -0.2) is 36.2 Å². The van der Waals surface area contributed by atoms with E-state index in [2.05, 4.69) is 27.6 Å². The quantitative estimate of drug-likeness (QED) is 0.0736. The number of carbonyl (C=O) groups is 2. The second-order valence-corrected chi connectivity index (χ2v) is 9.05. The minimum atomic E-state index is -4.70. The van der Waals surface area contributed by atoms with Crippen molar-refractivity contribution in [3.8, 4) is 0 Å². The summed E-state index contributed by atoms with van der Waals surface area (Å²) >= 11 is 2.71. The summed E-state index contributed by atoms with van der Waals surface area (Å²) in [7, 11) is 0. The Bertz CT molecular complexity index is 508. The highest BCUT2D eigenvalue weighted by molar-refractivity contribution is 9.09. The van der Waals surface area contributed by atoms with E-state index in [-0.39, 0.29) is 19.4 Å². The Labute approximate surface area is 200 Å². The maximum Gasteiger partial charge on any atom is 0.426 e. The lowest BCUT2D eigenvalue weighted by Crippen LogP contribution is -2.45. The number of hydrogen-bond donors (Lipinski definition) is 0. The van der Waals surface area contributed by atoms with E-state index < -0.39 is 35.0 Å². The molecule has 0 fully saturated rings. The molecule has 0 aromatic heterocycles. The zero-order valence-electron chi connectivity index (χ0n) is 20.0. The van der Waals surface area contributed by atoms with Crippen LogP contribution in [0.25, 0.3) is 0 Å². The molecule has 0 aromatic rings. The van der Waals surface area contributed by atoms with Gasteiger partial charge in [0.05, 0.1) is 6.61 Å². The number of alkyl halides is 4. The van der Waals surface area contributed by atoms with Gasteiger partial charge in [-0.1, -0.05) is 107 Å². The lowest BCUT2D eigenvalue weighted by atomic mass is 9.82. The van der Waals surface area contributed by atoms with Crippen molar-refractivity contribution >= 4 is 27.9 Å². The molecule has 0 saturated carbocycles. The second kappa shape index (κ2) is 17.7. The molecule has 0 N–H and O–H groups in total. The van der Waals surface area contributed by atoms with E-state index in [9.17, 15) is 22.8 Å². The molecule has 0 aliphatic carbocycles. The zero-order valence-corrected chi connectivity index (χ0v) is 21.6. The van der Waals surface area contributed by atoms with Gasteiger partial charge in [0.15, 0.2) is 5.41 Å². The van der Waals surface area contributed by atoms with E-state index in [4.69, 9.17) is 4.74 Å². The van der Waals surface area contributed by atoms with Crippen molar-refractivity contribution in [2.75, 3.05) is 11.9 Å². The monoisotopic (exact) mass is 530 g/mol. The van der Waals surface area contributed by atoms with Gasteiger partial charge in [-0.25, -0.2) is 0 Å². The zero-order chi connectivity index (χ0) is 24.5. The van der Waals surface area contributed by atoms with E-state index >= 15 is 0 Å². The molecule has 0 saturated heterocycles. The molecule has 4 nitrogen and oxygen atoms in total. The average Bonchev–Trinajstić information content (AvgIpc) is 2.75. The molecule has 1 atom stereocenters. The van der Waals surface area contributed by atoms with Crippen LogP contribution in [0.2, 0.25) is 0 Å². The molecule has 32 heavy (non-hydrogen) atoms. The van der Waals surface area contributed by atoms with Crippen LogP contribution in [0.1, 0.15) is 111 Å². The summed E-state index contributed by atoms with van der Waals surface area (Å²) in [6, 6.07) is 0. The van der Waals surface area contributed by atoms with E-state index in [0.29, 0.717) is 6.42 Å². The van der Waals surface area contributed by atoms with Crippen LogP contribution in [0.4, 0.5) is 13.2 Å². The van der Waals surface area contributed by atoms with Gasteiger partial charge in [-0.2, -0.15) is 13.2 Å². The van der Waals surface area contributed by atoms with Gasteiger partial charge >= 0.3 is 18.1 Å². The predicted octanol–water partition coefficient (Wildman–Crippen LogP) is 7.91. The number of ether oxygens (including phenoxy) is 2. The molecule has 0 heterocycles. The van der Waals surface area contributed by atoms with Crippen molar-refractivity contribution < 1.29 is 32.2 Å². The van der Waals surface area contributed by atoms with Crippen LogP contribution in [0.5, 0.6) is 0 Å². The van der Waals surface area contributed by atoms with Gasteiger partial charge in [0.1, 0.15) is 0 Å². The summed E-state index contributed by atoms with van der Waals surface area (Å²) in [5.41, 5.74) is -1.71. The van der Waals surface area contributed by atoms with Gasteiger partial charge in [0.2, 0.25) is 6.10 Å². The SMILES string of the molecule is CCCCCCCCCCCCCCOC(=O)C(CC)(CC)C(=O)OC(CBr)C(F)(F)F. The van der Waals surface area contributed by atoms with Crippen molar-refractivity contribution in [2.45, 2.75) is 123 Å². The summed E-state index contributed by atoms with van der Waals surface area (Å²) < 4.78 is 48.7. The number of esters is 2. The Morgan fingerprint density at radius 1 is 0.750 bits per heavy atom. The molecule has 0 rings (SSSR count). The number of hydrogen-bond acceptors (Lipinski definition) is 4. The minimum absolute atomic E-state index is 0.0203. The molecule has 0 aliphatic heterocycles. The molecule has 0 aliphatic rings. The molecule has 0 bridgehead atoms. The third-order valence-corrected chi connectivity index (χ3v) is 6.56. The molecular formula is C24H42BrF3O4. The van der Waals surface area contributed by atoms with Crippen LogP contribution < -0.4 is 0 Å². The molecule has 0 spiro atoms. The van der Waals surface area contributed by atoms with E-state index in [1.54, 1.807) is 13.8 Å². The first-order chi connectivity index (χ1) is 15.2. The second-order valence-electron chi connectivity index (χ2n) is 8.40. The van der Waals surface area contributed by atoms with Gasteiger partial charge in [-0.05, 0) is 19.3 Å². The van der Waals surface area contributed by atoms with E-state index in [1.807, 2.05) is 0 Å². The predicted molar refractivity (Wildman–Crippen MR) is 125 cm³/mol. The molecule has 0 amide bonds. The standard InChI is InChI=1S/C24H42BrF3O4/c1-4-7-8-9-10-11-12-13-14-15-16-17-18-31-21(29)23(5-2,6-3)22(30)32-20(19-25)24(26,27)28/h20H,4-19H2,1-3H3. The Morgan fingerprint density at radius 2 is 1.19 bits per heavy atom. The van der Waals surface area contributed by atoms with Crippen molar-refractivity contribution in [1.29, 1.82) is 0 Å². The molecule has 1 unspecified atom stereocenters. The van der Waals surface area contributed by atoms with Crippen LogP contribution >= 0.6 is 15.9 Å². The summed E-state index contributed by atoms with van der Waals surface area (Å²) in [4.78, 5) is 25.0. The lowest BCUT2D eigenvalue weighted by molar-refractivity contribution is -0.222. The number of carbonyl (C=O) groups excluding carboxylic acids is 2. The van der Waals surface area contributed by atoms with E-state index in [1.165, 1.54) is 51.4 Å². The fourth-order valence-corrected chi connectivity index (χ4v) is 4.08. The van der Waals surface area contributed by atoms with Gasteiger partial charge in [0, 0.05) is 5.33 Å².